The van der Waals surface area contributed by atoms with Gasteiger partial charge in [-0.3, -0.25) is 14.0 Å². The number of fused-ring (bicyclic) bond motifs is 2. The number of esters is 1. The first kappa shape index (κ1) is 44.1. The van der Waals surface area contributed by atoms with E-state index in [1.807, 2.05) is 30.9 Å². The van der Waals surface area contributed by atoms with Gasteiger partial charge in [0.25, 0.3) is 5.92 Å². The first-order valence-corrected chi connectivity index (χ1v) is 20.1. The third-order valence-electron chi connectivity index (χ3n) is 10.4. The monoisotopic (exact) mass is 831 g/mol. The van der Waals surface area contributed by atoms with Crippen molar-refractivity contribution in [3.63, 3.8) is 0 Å². The number of aromatic nitrogens is 2. The molecule has 14 heteroatoms. The molecule has 0 bridgehead atoms. The molecule has 0 saturated carbocycles. The fraction of sp³-hybridized carbons (Fsp3) is 0.457. The molecule has 0 spiro atoms. The van der Waals surface area contributed by atoms with E-state index < -0.39 is 47.7 Å². The molecule has 1 saturated heterocycles. The van der Waals surface area contributed by atoms with Crippen LogP contribution in [0.4, 0.5) is 18.4 Å². The molecule has 1 unspecified atom stereocenters. The summed E-state index contributed by atoms with van der Waals surface area (Å²) >= 11 is 0. The maximum atomic E-state index is 15.0. The van der Waals surface area contributed by atoms with Gasteiger partial charge in [0, 0.05) is 72.7 Å². The number of nitrogens with zero attached hydrogens (tertiary/aromatic N) is 3. The van der Waals surface area contributed by atoms with Crippen LogP contribution in [0.5, 0.6) is 11.5 Å². The number of alkyl halides is 2. The Balaban J connectivity index is 1.11. The molecular weight excluding hydrogens is 777 g/mol. The predicted molar refractivity (Wildman–Crippen MR) is 223 cm³/mol. The van der Waals surface area contributed by atoms with Gasteiger partial charge in [0.05, 0.1) is 43.5 Å². The van der Waals surface area contributed by atoms with Gasteiger partial charge in [0.15, 0.2) is 0 Å². The van der Waals surface area contributed by atoms with Gasteiger partial charge in [-0.05, 0) is 108 Å². The Bertz CT molecular complexity index is 2390. The predicted octanol–water partition coefficient (Wildman–Crippen LogP) is 9.88. The number of aliphatic hydroxyl groups is 1. The summed E-state index contributed by atoms with van der Waals surface area (Å²) in [5.41, 5.74) is 3.64. The molecule has 1 aliphatic heterocycles. The van der Waals surface area contributed by atoms with Crippen molar-refractivity contribution in [2.24, 2.45) is 0 Å². The molecule has 0 amide bonds. The van der Waals surface area contributed by atoms with Crippen molar-refractivity contribution < 1.29 is 52.0 Å². The van der Waals surface area contributed by atoms with Gasteiger partial charge in [0.2, 0.25) is 0 Å². The summed E-state index contributed by atoms with van der Waals surface area (Å²) in [6.07, 6.45) is 1.85. The van der Waals surface area contributed by atoms with Crippen molar-refractivity contribution in [3.05, 3.63) is 94.3 Å². The lowest BCUT2D eigenvalue weighted by Crippen LogP contribution is -2.41. The number of carbonyl (C=O) groups is 3. The molecule has 60 heavy (non-hydrogen) atoms. The molecule has 1 fully saturated rings. The number of rotatable bonds is 11. The molecule has 0 radical (unpaired) electrons. The van der Waals surface area contributed by atoms with Gasteiger partial charge in [-0.15, -0.1) is 0 Å². The number of halogens is 2. The first-order valence-electron chi connectivity index (χ1n) is 20.1. The smallest absolute Gasteiger partial charge is 0.419 e. The lowest BCUT2D eigenvalue weighted by atomic mass is 9.91. The number of hydrogen-bond acceptors (Lipinski definition) is 10. The van der Waals surface area contributed by atoms with E-state index in [-0.39, 0.29) is 44.9 Å². The van der Waals surface area contributed by atoms with Crippen LogP contribution in [0.25, 0.3) is 21.8 Å². The number of aliphatic hydroxyl groups excluding tert-OH is 1. The van der Waals surface area contributed by atoms with E-state index in [9.17, 15) is 19.5 Å². The van der Waals surface area contributed by atoms with E-state index in [2.05, 4.69) is 0 Å². The van der Waals surface area contributed by atoms with Crippen LogP contribution in [0, 0.1) is 13.8 Å². The average Bonchev–Trinajstić information content (AvgIpc) is 3.82. The number of likely N-dealkylation sites (tertiary alicyclic amines) is 1. The molecule has 1 N–H and O–H groups in total. The van der Waals surface area contributed by atoms with E-state index in [4.69, 9.17) is 23.7 Å². The zero-order chi connectivity index (χ0) is 43.7. The van der Waals surface area contributed by atoms with E-state index in [0.717, 1.165) is 22.1 Å². The Hall–Kier alpha value is -5.47. The summed E-state index contributed by atoms with van der Waals surface area (Å²) in [4.78, 5) is 41.0. The van der Waals surface area contributed by atoms with Gasteiger partial charge < -0.3 is 28.8 Å². The largest absolute Gasteiger partial charge is 0.496 e. The van der Waals surface area contributed by atoms with Gasteiger partial charge in [-0.2, -0.15) is 0 Å². The maximum Gasteiger partial charge on any atom is 0.419 e. The first-order chi connectivity index (χ1) is 28.2. The maximum absolute atomic E-state index is 15.0. The van der Waals surface area contributed by atoms with Crippen LogP contribution in [0.15, 0.2) is 60.9 Å². The van der Waals surface area contributed by atoms with E-state index >= 15 is 8.78 Å². The lowest BCUT2D eigenvalue weighted by Gasteiger charge is -2.40. The van der Waals surface area contributed by atoms with Crippen molar-refractivity contribution in [1.29, 1.82) is 0 Å². The summed E-state index contributed by atoms with van der Waals surface area (Å²) in [5, 5.41) is 11.7. The highest BCUT2D eigenvalue weighted by Crippen LogP contribution is 2.43. The zero-order valence-corrected chi connectivity index (χ0v) is 35.8. The minimum atomic E-state index is -2.89. The molecule has 5 aromatic rings. The zero-order valence-electron chi connectivity index (χ0n) is 35.8. The van der Waals surface area contributed by atoms with Crippen molar-refractivity contribution in [1.82, 2.24) is 14.0 Å². The second-order valence-corrected chi connectivity index (χ2v) is 17.3. The van der Waals surface area contributed by atoms with Crippen LogP contribution in [0.3, 0.4) is 0 Å². The highest BCUT2D eigenvalue weighted by atomic mass is 19.3. The summed E-state index contributed by atoms with van der Waals surface area (Å²) in [6.45, 7) is 14.8. The Morgan fingerprint density at radius 2 is 1.35 bits per heavy atom. The SMILES string of the molecule is COc1cc(C)c2c(ccn2C(=O)OC(C)(C)C)c1CN1CCC(F)(F)CC1c1ccc(C(=O)OCCCOc2cc(C)c3c(ccn3C(=O)OC(C)(C)C)c2CO)cc1. The van der Waals surface area contributed by atoms with Gasteiger partial charge in [-0.25, -0.2) is 23.2 Å². The Morgan fingerprint density at radius 1 is 0.800 bits per heavy atom. The molecule has 322 valence electrons. The number of methoxy groups -OCH3 is 1. The molecule has 2 aromatic heterocycles. The molecular formula is C46H55F2N3O9. The van der Waals surface area contributed by atoms with Gasteiger partial charge >= 0.3 is 18.2 Å². The van der Waals surface area contributed by atoms with E-state index in [1.165, 1.54) is 9.13 Å². The number of hydrogen-bond donors (Lipinski definition) is 1. The van der Waals surface area contributed by atoms with E-state index in [1.54, 1.807) is 97.4 Å². The van der Waals surface area contributed by atoms with Gasteiger partial charge in [0.1, 0.15) is 22.7 Å². The number of aryl methyl sites for hydroxylation is 2. The molecule has 3 heterocycles. The Morgan fingerprint density at radius 3 is 1.88 bits per heavy atom. The quantitative estimate of drug-likeness (QED) is 0.0780. The number of ether oxygens (including phenoxy) is 5. The normalized spacial score (nSPS) is 15.9. The van der Waals surface area contributed by atoms with Crippen LogP contribution < -0.4 is 9.47 Å². The Labute approximate surface area is 348 Å². The minimum absolute atomic E-state index is 0.0520. The topological polar surface area (TPSA) is 131 Å². The minimum Gasteiger partial charge on any atom is -0.496 e. The fourth-order valence-electron chi connectivity index (χ4n) is 7.72. The molecule has 0 aliphatic carbocycles. The molecule has 1 aliphatic rings. The molecule has 3 aromatic carbocycles. The van der Waals surface area contributed by atoms with Gasteiger partial charge in [-0.1, -0.05) is 12.1 Å². The summed E-state index contributed by atoms with van der Waals surface area (Å²) in [7, 11) is 1.56. The fourth-order valence-corrected chi connectivity index (χ4v) is 7.72. The second kappa shape index (κ2) is 17.3. The van der Waals surface area contributed by atoms with Crippen molar-refractivity contribution >= 4 is 40.0 Å². The summed E-state index contributed by atoms with van der Waals surface area (Å²) in [5.74, 6) is -2.41. The van der Waals surface area contributed by atoms with Crippen LogP contribution in [-0.2, 0) is 27.4 Å². The third kappa shape index (κ3) is 9.76. The number of piperidine rings is 1. The number of benzene rings is 3. The highest BCUT2D eigenvalue weighted by Gasteiger charge is 2.41. The standard InChI is InChI=1S/C46H55F2N3O9/c1-28-23-37(56-9)34(32-15-18-50(39(28)32)42(54)59-44(3,4)5)26-49-20-17-46(47,48)25-36(49)30-11-13-31(14-12-30)41(53)58-22-10-21-57-38-24-29(2)40-33(35(38)27-52)16-19-51(40)43(55)60-45(6,7)8/h11-16,18-19,23-24,36,52H,10,17,20-22,25-27H2,1-9H3. The van der Waals surface area contributed by atoms with Crippen LogP contribution in [0.2, 0.25) is 0 Å². The van der Waals surface area contributed by atoms with Crippen molar-refractivity contribution in [3.8, 4) is 11.5 Å². The summed E-state index contributed by atoms with van der Waals surface area (Å²) in [6, 6.07) is 13.0. The van der Waals surface area contributed by atoms with E-state index in [0.29, 0.717) is 45.5 Å². The average molecular weight is 832 g/mol. The molecule has 1 atom stereocenters. The Kier molecular flexibility index (Phi) is 12.7. The van der Waals surface area contributed by atoms with Crippen molar-refractivity contribution in [2.75, 3.05) is 26.9 Å². The van der Waals surface area contributed by atoms with Crippen molar-refractivity contribution in [2.45, 2.75) is 111 Å². The van der Waals surface area contributed by atoms with Crippen LogP contribution in [0.1, 0.15) is 105 Å². The lowest BCUT2D eigenvalue weighted by molar-refractivity contribution is -0.0815. The van der Waals surface area contributed by atoms with Crippen LogP contribution >= 0.6 is 0 Å². The third-order valence-corrected chi connectivity index (χ3v) is 10.4. The second-order valence-electron chi connectivity index (χ2n) is 17.3. The van der Waals surface area contributed by atoms with Crippen LogP contribution in [-0.4, -0.2) is 81.3 Å². The summed E-state index contributed by atoms with van der Waals surface area (Å²) < 4.78 is 61.5. The highest BCUT2D eigenvalue weighted by molar-refractivity contribution is 5.96. The molecule has 6 rings (SSSR count). The molecule has 12 nitrogen and oxygen atoms in total. The number of carbonyl (C=O) groups excluding carboxylic acids is 3.